The van der Waals surface area contributed by atoms with Gasteiger partial charge in [-0.15, -0.1) is 0 Å². The fourth-order valence-corrected chi connectivity index (χ4v) is 3.75. The summed E-state index contributed by atoms with van der Waals surface area (Å²) >= 11 is 0. The van der Waals surface area contributed by atoms with Gasteiger partial charge in [0.2, 0.25) is 5.91 Å². The maximum Gasteiger partial charge on any atom is 0.422 e. The number of carbonyl (C=O) groups is 4. The smallest absolute Gasteiger partial charge is 0.422 e. The van der Waals surface area contributed by atoms with Gasteiger partial charge in [-0.25, -0.2) is 9.36 Å². The number of para-hydroxylation sites is 2. The van der Waals surface area contributed by atoms with Crippen molar-refractivity contribution >= 4 is 34.9 Å². The highest BCUT2D eigenvalue weighted by atomic mass is 16.6. The van der Waals surface area contributed by atoms with E-state index >= 15 is 0 Å². The van der Waals surface area contributed by atoms with Crippen molar-refractivity contribution in [2.24, 2.45) is 0 Å². The minimum absolute atomic E-state index is 0.260. The van der Waals surface area contributed by atoms with Crippen molar-refractivity contribution in [1.82, 2.24) is 9.88 Å². The summed E-state index contributed by atoms with van der Waals surface area (Å²) in [6.45, 7) is 4.31. The second-order valence-corrected chi connectivity index (χ2v) is 7.45. The van der Waals surface area contributed by atoms with E-state index in [0.29, 0.717) is 5.52 Å². The highest BCUT2D eigenvalue weighted by molar-refractivity contribution is 5.75. The van der Waals surface area contributed by atoms with E-state index in [0.717, 1.165) is 18.4 Å². The van der Waals surface area contributed by atoms with Crippen LogP contribution in [0.25, 0.3) is 11.1 Å². The number of carbonyl (C=O) groups excluding carboxylic acids is 4. The zero-order chi connectivity index (χ0) is 24.3. The minimum atomic E-state index is -1.28. The van der Waals surface area contributed by atoms with E-state index in [-0.39, 0.29) is 12.2 Å². The van der Waals surface area contributed by atoms with Crippen molar-refractivity contribution in [3.8, 4) is 0 Å². The lowest BCUT2D eigenvalue weighted by Gasteiger charge is -2.45. The lowest BCUT2D eigenvalue weighted by Crippen LogP contribution is -2.64. The van der Waals surface area contributed by atoms with Crippen LogP contribution < -0.4 is 11.1 Å². The third kappa shape index (κ3) is 5.40. The van der Waals surface area contributed by atoms with E-state index < -0.39 is 60.2 Å². The standard InChI is InChI=1S/C21H24N2O10/c1-10(24)22-17-19(31-13(4)27)18(30-12(3)26)16(9-29-11(2)25)32-20(17)23-14-7-5-6-8-15(14)33-21(23)28/h5-8,16-20H,9H2,1-4H3,(H,22,24)/t16-,17-,18-,19+,20+/m1/s1. The molecule has 12 nitrogen and oxygen atoms in total. The van der Waals surface area contributed by atoms with Gasteiger partial charge in [-0.3, -0.25) is 19.2 Å². The Hall–Kier alpha value is -3.67. The molecule has 0 unspecified atom stereocenters. The second-order valence-electron chi connectivity index (χ2n) is 7.45. The van der Waals surface area contributed by atoms with E-state index in [1.54, 1.807) is 24.3 Å². The molecular formula is C21H24N2O10. The predicted molar refractivity (Wildman–Crippen MR) is 110 cm³/mol. The average Bonchev–Trinajstić information content (AvgIpc) is 3.04. The highest BCUT2D eigenvalue weighted by Gasteiger charge is 2.52. The Balaban J connectivity index is 2.16. The molecule has 12 heteroatoms. The van der Waals surface area contributed by atoms with Gasteiger partial charge in [0.15, 0.2) is 24.0 Å². The average molecular weight is 464 g/mol. The van der Waals surface area contributed by atoms with E-state index in [2.05, 4.69) is 5.32 Å². The second kappa shape index (κ2) is 9.86. The third-order valence-corrected chi connectivity index (χ3v) is 4.86. The molecule has 1 aromatic carbocycles. The molecule has 0 radical (unpaired) electrons. The van der Waals surface area contributed by atoms with E-state index in [1.165, 1.54) is 13.8 Å². The monoisotopic (exact) mass is 464 g/mol. The highest BCUT2D eigenvalue weighted by Crippen LogP contribution is 2.34. The Morgan fingerprint density at radius 3 is 2.21 bits per heavy atom. The quantitative estimate of drug-likeness (QED) is 0.470. The van der Waals surface area contributed by atoms with Gasteiger partial charge in [-0.05, 0) is 12.1 Å². The van der Waals surface area contributed by atoms with Crippen molar-refractivity contribution in [3.05, 3.63) is 34.8 Å². The fraction of sp³-hybridized carbons (Fsp3) is 0.476. The molecule has 5 atom stereocenters. The molecule has 178 valence electrons. The summed E-state index contributed by atoms with van der Waals surface area (Å²) in [7, 11) is 0. The molecule has 1 N–H and O–H groups in total. The molecule has 1 fully saturated rings. The fourth-order valence-electron chi connectivity index (χ4n) is 3.75. The zero-order valence-electron chi connectivity index (χ0n) is 18.4. The van der Waals surface area contributed by atoms with Gasteiger partial charge in [0.1, 0.15) is 18.8 Å². The van der Waals surface area contributed by atoms with Crippen molar-refractivity contribution in [2.45, 2.75) is 58.3 Å². The van der Waals surface area contributed by atoms with Crippen molar-refractivity contribution in [3.63, 3.8) is 0 Å². The van der Waals surface area contributed by atoms with E-state index in [1.807, 2.05) is 0 Å². The van der Waals surface area contributed by atoms with Crippen LogP contribution in [0.4, 0.5) is 0 Å². The maximum absolute atomic E-state index is 12.8. The van der Waals surface area contributed by atoms with Crippen molar-refractivity contribution in [2.75, 3.05) is 6.61 Å². The molecule has 33 heavy (non-hydrogen) atoms. The summed E-state index contributed by atoms with van der Waals surface area (Å²) in [5.74, 6) is -3.40. The number of ether oxygens (including phenoxy) is 4. The summed E-state index contributed by atoms with van der Waals surface area (Å²) in [5.41, 5.74) is 0.608. The van der Waals surface area contributed by atoms with Crippen LogP contribution in [0.1, 0.15) is 33.9 Å². The first-order valence-corrected chi connectivity index (χ1v) is 10.1. The Morgan fingerprint density at radius 2 is 1.61 bits per heavy atom. The van der Waals surface area contributed by atoms with Crippen LogP contribution in [0.5, 0.6) is 0 Å². The van der Waals surface area contributed by atoms with Gasteiger partial charge in [0, 0.05) is 27.7 Å². The molecule has 1 aromatic heterocycles. The van der Waals surface area contributed by atoms with E-state index in [4.69, 9.17) is 23.4 Å². The number of nitrogens with one attached hydrogen (secondary N) is 1. The van der Waals surface area contributed by atoms with Gasteiger partial charge in [0.25, 0.3) is 0 Å². The van der Waals surface area contributed by atoms with E-state index in [9.17, 15) is 24.0 Å². The van der Waals surface area contributed by atoms with Gasteiger partial charge in [-0.2, -0.15) is 0 Å². The maximum atomic E-state index is 12.8. The Labute approximate surface area is 187 Å². The van der Waals surface area contributed by atoms with Gasteiger partial charge in [-0.1, -0.05) is 12.1 Å². The number of hydrogen-bond acceptors (Lipinski definition) is 10. The molecule has 0 spiro atoms. The SMILES string of the molecule is CC(=O)N[C@@H]1[C@H](OC(C)=O)[C@H](OC(C)=O)[C@@H](COC(C)=O)O[C@@H]1n1c(=O)oc2ccccc21. The first kappa shape index (κ1) is 24.0. The number of esters is 3. The number of amides is 1. The number of hydrogen-bond donors (Lipinski definition) is 1. The molecule has 0 saturated carbocycles. The molecule has 3 rings (SSSR count). The molecule has 2 aromatic rings. The topological polar surface area (TPSA) is 152 Å². The molecule has 1 aliphatic rings. The van der Waals surface area contributed by atoms with Crippen LogP contribution in [0.15, 0.2) is 33.5 Å². The zero-order valence-corrected chi connectivity index (χ0v) is 18.4. The molecule has 1 saturated heterocycles. The minimum Gasteiger partial charge on any atom is -0.463 e. The van der Waals surface area contributed by atoms with Crippen molar-refractivity contribution < 1.29 is 42.5 Å². The lowest BCUT2D eigenvalue weighted by atomic mass is 9.94. The number of rotatable bonds is 6. The Kier molecular flexibility index (Phi) is 7.16. The van der Waals surface area contributed by atoms with Gasteiger partial charge < -0.3 is 28.7 Å². The molecule has 0 aliphatic carbocycles. The van der Waals surface area contributed by atoms with Gasteiger partial charge in [0.05, 0.1) is 5.52 Å². The number of fused-ring (bicyclic) bond motifs is 1. The molecule has 1 aliphatic heterocycles. The Morgan fingerprint density at radius 1 is 0.970 bits per heavy atom. The summed E-state index contributed by atoms with van der Waals surface area (Å²) in [6, 6.07) is 5.36. The first-order chi connectivity index (χ1) is 15.6. The number of nitrogens with zero attached hydrogens (tertiary/aromatic N) is 1. The molecular weight excluding hydrogens is 440 g/mol. The molecule has 1 amide bonds. The normalized spacial score (nSPS) is 24.7. The van der Waals surface area contributed by atoms with Crippen LogP contribution in [0.2, 0.25) is 0 Å². The number of oxazole rings is 1. The first-order valence-electron chi connectivity index (χ1n) is 10.1. The van der Waals surface area contributed by atoms with Crippen LogP contribution in [-0.2, 0) is 38.1 Å². The number of benzene rings is 1. The van der Waals surface area contributed by atoms with Crippen molar-refractivity contribution in [1.29, 1.82) is 0 Å². The molecule has 0 bridgehead atoms. The van der Waals surface area contributed by atoms with Crippen LogP contribution in [-0.4, -0.2) is 59.3 Å². The summed E-state index contributed by atoms with van der Waals surface area (Å²) in [6.07, 6.45) is -4.94. The lowest BCUT2D eigenvalue weighted by molar-refractivity contribution is -0.237. The van der Waals surface area contributed by atoms with Gasteiger partial charge >= 0.3 is 23.7 Å². The Bertz CT molecular complexity index is 1120. The number of aromatic nitrogens is 1. The predicted octanol–water partition coefficient (Wildman–Crippen LogP) is 0.423. The van der Waals surface area contributed by atoms with Crippen LogP contribution in [0.3, 0.4) is 0 Å². The summed E-state index contributed by atoms with van der Waals surface area (Å²) < 4.78 is 28.3. The van der Waals surface area contributed by atoms with Crippen LogP contribution >= 0.6 is 0 Å². The summed E-state index contributed by atoms with van der Waals surface area (Å²) in [5, 5.41) is 2.61. The summed E-state index contributed by atoms with van der Waals surface area (Å²) in [4.78, 5) is 60.0. The molecule has 2 heterocycles. The third-order valence-electron chi connectivity index (χ3n) is 4.86. The largest absolute Gasteiger partial charge is 0.463 e. The van der Waals surface area contributed by atoms with Crippen LogP contribution in [0, 0.1) is 0 Å².